The van der Waals surface area contributed by atoms with E-state index >= 15 is 0 Å². The molecule has 3 heteroatoms. The lowest BCUT2D eigenvalue weighted by molar-refractivity contribution is 0.0580. The van der Waals surface area contributed by atoms with Crippen molar-refractivity contribution < 1.29 is 0 Å². The first-order valence-corrected chi connectivity index (χ1v) is 7.27. The van der Waals surface area contributed by atoms with E-state index in [1.54, 1.807) is 0 Å². The van der Waals surface area contributed by atoms with Crippen LogP contribution in [0.1, 0.15) is 32.1 Å². The highest BCUT2D eigenvalue weighted by Crippen LogP contribution is 2.53. The van der Waals surface area contributed by atoms with Crippen molar-refractivity contribution in [3.05, 3.63) is 0 Å². The van der Waals surface area contributed by atoms with Gasteiger partial charge in [0.05, 0.1) is 0 Å². The zero-order valence-electron chi connectivity index (χ0n) is 11.4. The molecule has 0 aromatic carbocycles. The van der Waals surface area contributed by atoms with Crippen molar-refractivity contribution in [3.8, 4) is 0 Å². The summed E-state index contributed by atoms with van der Waals surface area (Å²) in [4.78, 5) is 5.14. The van der Waals surface area contributed by atoms with Crippen LogP contribution < -0.4 is 5.73 Å². The van der Waals surface area contributed by atoms with Gasteiger partial charge in [0.25, 0.3) is 0 Å². The van der Waals surface area contributed by atoms with Crippen molar-refractivity contribution in [1.29, 1.82) is 0 Å². The zero-order valence-corrected chi connectivity index (χ0v) is 11.4. The Morgan fingerprint density at radius 3 is 2.59 bits per heavy atom. The van der Waals surface area contributed by atoms with Crippen LogP contribution in [-0.4, -0.2) is 55.1 Å². The Morgan fingerprint density at radius 2 is 2.12 bits per heavy atom. The zero-order chi connectivity index (χ0) is 12.0. The third-order valence-electron chi connectivity index (χ3n) is 5.82. The quantitative estimate of drug-likeness (QED) is 0.799. The first-order chi connectivity index (χ1) is 8.15. The molecule has 0 spiro atoms. The van der Waals surface area contributed by atoms with Gasteiger partial charge < -0.3 is 10.6 Å². The van der Waals surface area contributed by atoms with Crippen molar-refractivity contribution in [3.63, 3.8) is 0 Å². The second-order valence-electron chi connectivity index (χ2n) is 6.74. The summed E-state index contributed by atoms with van der Waals surface area (Å²) < 4.78 is 0. The smallest absolute Gasteiger partial charge is 0.0363 e. The standard InChI is InChI=1S/C14H27N3/c1-16(2)13-5-6-17(9-13)14(10-15)8-11-3-4-12(14)7-11/h11-13H,3-10,15H2,1-2H3. The lowest BCUT2D eigenvalue weighted by atomic mass is 9.79. The van der Waals surface area contributed by atoms with Gasteiger partial charge in [-0.25, -0.2) is 0 Å². The normalized spacial score (nSPS) is 46.2. The Hall–Kier alpha value is -0.120. The van der Waals surface area contributed by atoms with Crippen LogP contribution in [0.4, 0.5) is 0 Å². The topological polar surface area (TPSA) is 32.5 Å². The van der Waals surface area contributed by atoms with Gasteiger partial charge in [-0.05, 0) is 51.6 Å². The molecule has 2 N–H and O–H groups in total. The van der Waals surface area contributed by atoms with Crippen LogP contribution in [0.15, 0.2) is 0 Å². The van der Waals surface area contributed by atoms with Crippen LogP contribution in [0.2, 0.25) is 0 Å². The molecule has 2 bridgehead atoms. The van der Waals surface area contributed by atoms with E-state index in [1.807, 2.05) is 0 Å². The lowest BCUT2D eigenvalue weighted by Crippen LogP contribution is -2.56. The predicted octanol–water partition coefficient (Wildman–Crippen LogP) is 1.14. The monoisotopic (exact) mass is 237 g/mol. The molecule has 2 saturated carbocycles. The Kier molecular flexibility index (Phi) is 2.96. The summed E-state index contributed by atoms with van der Waals surface area (Å²) in [6, 6.07) is 0.748. The molecule has 3 rings (SSSR count). The van der Waals surface area contributed by atoms with E-state index in [0.717, 1.165) is 24.4 Å². The minimum Gasteiger partial charge on any atom is -0.329 e. The molecule has 3 nitrogen and oxygen atoms in total. The van der Waals surface area contributed by atoms with E-state index in [4.69, 9.17) is 5.73 Å². The molecule has 17 heavy (non-hydrogen) atoms. The molecule has 3 fully saturated rings. The van der Waals surface area contributed by atoms with Crippen molar-refractivity contribution >= 4 is 0 Å². The van der Waals surface area contributed by atoms with Gasteiger partial charge in [0, 0.05) is 31.2 Å². The predicted molar refractivity (Wildman–Crippen MR) is 70.9 cm³/mol. The van der Waals surface area contributed by atoms with E-state index in [0.29, 0.717) is 5.54 Å². The summed E-state index contributed by atoms with van der Waals surface area (Å²) in [6.45, 7) is 3.39. The molecule has 0 aromatic rings. The molecule has 1 aliphatic heterocycles. The van der Waals surface area contributed by atoms with Gasteiger partial charge in [-0.1, -0.05) is 6.42 Å². The Balaban J connectivity index is 1.74. The van der Waals surface area contributed by atoms with Gasteiger partial charge in [0.15, 0.2) is 0 Å². The van der Waals surface area contributed by atoms with Crippen molar-refractivity contribution in [2.45, 2.75) is 43.7 Å². The summed E-state index contributed by atoms with van der Waals surface area (Å²) in [5.74, 6) is 1.89. The number of nitrogens with two attached hydrogens (primary N) is 1. The number of hydrogen-bond acceptors (Lipinski definition) is 3. The molecule has 98 valence electrons. The Labute approximate surface area is 105 Å². The van der Waals surface area contributed by atoms with E-state index in [-0.39, 0.29) is 0 Å². The Morgan fingerprint density at radius 1 is 1.29 bits per heavy atom. The maximum atomic E-state index is 6.20. The molecule has 4 unspecified atom stereocenters. The van der Waals surface area contributed by atoms with E-state index in [1.165, 1.54) is 45.2 Å². The second-order valence-corrected chi connectivity index (χ2v) is 6.74. The minimum atomic E-state index is 0.383. The van der Waals surface area contributed by atoms with Crippen LogP contribution in [0, 0.1) is 11.8 Å². The fourth-order valence-corrected chi connectivity index (χ4v) is 4.75. The second kappa shape index (κ2) is 4.22. The summed E-state index contributed by atoms with van der Waals surface area (Å²) in [6.07, 6.45) is 7.07. The van der Waals surface area contributed by atoms with Crippen LogP contribution in [0.5, 0.6) is 0 Å². The first kappa shape index (κ1) is 11.9. The number of rotatable bonds is 3. The van der Waals surface area contributed by atoms with Crippen LogP contribution >= 0.6 is 0 Å². The lowest BCUT2D eigenvalue weighted by Gasteiger charge is -2.45. The molecule has 1 saturated heterocycles. The number of nitrogens with zero attached hydrogens (tertiary/aromatic N) is 2. The first-order valence-electron chi connectivity index (χ1n) is 7.27. The number of hydrogen-bond donors (Lipinski definition) is 1. The summed E-state index contributed by atoms with van der Waals surface area (Å²) in [7, 11) is 4.42. The van der Waals surface area contributed by atoms with Gasteiger partial charge in [0.1, 0.15) is 0 Å². The third-order valence-corrected chi connectivity index (χ3v) is 5.82. The molecule has 0 amide bonds. The number of fused-ring (bicyclic) bond motifs is 2. The average molecular weight is 237 g/mol. The molecule has 0 aromatic heterocycles. The molecule has 4 atom stereocenters. The van der Waals surface area contributed by atoms with Gasteiger partial charge in [-0.15, -0.1) is 0 Å². The van der Waals surface area contributed by atoms with Crippen molar-refractivity contribution in [2.75, 3.05) is 33.7 Å². The number of likely N-dealkylation sites (tertiary alicyclic amines) is 1. The molecular formula is C14H27N3. The summed E-state index contributed by atoms with van der Waals surface area (Å²) >= 11 is 0. The van der Waals surface area contributed by atoms with Crippen molar-refractivity contribution in [2.24, 2.45) is 17.6 Å². The fraction of sp³-hybridized carbons (Fsp3) is 1.00. The largest absolute Gasteiger partial charge is 0.329 e. The SMILES string of the molecule is CN(C)C1CCN(C2(CN)CC3CCC2C3)C1. The van der Waals surface area contributed by atoms with Crippen LogP contribution in [0.3, 0.4) is 0 Å². The van der Waals surface area contributed by atoms with E-state index in [9.17, 15) is 0 Å². The molecule has 3 aliphatic rings. The minimum absolute atomic E-state index is 0.383. The fourth-order valence-electron chi connectivity index (χ4n) is 4.75. The summed E-state index contributed by atoms with van der Waals surface area (Å²) in [5.41, 5.74) is 6.58. The molecule has 1 heterocycles. The van der Waals surface area contributed by atoms with Gasteiger partial charge in [-0.3, -0.25) is 4.90 Å². The maximum Gasteiger partial charge on any atom is 0.0363 e. The Bertz CT molecular complexity index is 291. The van der Waals surface area contributed by atoms with Crippen LogP contribution in [-0.2, 0) is 0 Å². The maximum absolute atomic E-state index is 6.20. The highest BCUT2D eigenvalue weighted by atomic mass is 15.3. The van der Waals surface area contributed by atoms with E-state index < -0.39 is 0 Å². The van der Waals surface area contributed by atoms with Gasteiger partial charge >= 0.3 is 0 Å². The van der Waals surface area contributed by atoms with E-state index in [2.05, 4.69) is 23.9 Å². The highest BCUT2D eigenvalue weighted by molar-refractivity contribution is 5.10. The molecular weight excluding hydrogens is 210 g/mol. The molecule has 2 aliphatic carbocycles. The number of likely N-dealkylation sites (N-methyl/N-ethyl adjacent to an activating group) is 1. The molecule has 0 radical (unpaired) electrons. The van der Waals surface area contributed by atoms with Gasteiger partial charge in [0.2, 0.25) is 0 Å². The third kappa shape index (κ3) is 1.74. The highest BCUT2D eigenvalue weighted by Gasteiger charge is 2.54. The van der Waals surface area contributed by atoms with Crippen LogP contribution in [0.25, 0.3) is 0 Å². The van der Waals surface area contributed by atoms with Crippen molar-refractivity contribution in [1.82, 2.24) is 9.80 Å². The average Bonchev–Trinajstić information content (AvgIpc) is 3.03. The summed E-state index contributed by atoms with van der Waals surface area (Å²) in [5, 5.41) is 0. The van der Waals surface area contributed by atoms with Gasteiger partial charge in [-0.2, -0.15) is 0 Å².